The molecule has 0 atom stereocenters. The first kappa shape index (κ1) is 13.7. The molecule has 0 aromatic rings. The molecule has 17 heavy (non-hydrogen) atoms. The molecular weight excluding hydrogens is 230 g/mol. The molecule has 1 N–H and O–H groups in total. The lowest BCUT2D eigenvalue weighted by Gasteiger charge is -2.37. The molecule has 3 heteroatoms. The molecule has 2 aliphatic rings. The van der Waals surface area contributed by atoms with E-state index >= 15 is 0 Å². The zero-order valence-electron chi connectivity index (χ0n) is 10.9. The second-order valence-electron chi connectivity index (χ2n) is 6.00. The van der Waals surface area contributed by atoms with Crippen LogP contribution in [0, 0.1) is 5.41 Å². The molecule has 0 unspecified atom stereocenters. The van der Waals surface area contributed by atoms with Gasteiger partial charge in [-0.3, -0.25) is 4.90 Å². The van der Waals surface area contributed by atoms with Crippen LogP contribution in [0.25, 0.3) is 0 Å². The van der Waals surface area contributed by atoms with E-state index < -0.39 is 0 Å². The Labute approximate surface area is 111 Å². The largest absolute Gasteiger partial charge is 0.395 e. The Morgan fingerprint density at radius 3 is 2.24 bits per heavy atom. The predicted molar refractivity (Wildman–Crippen MR) is 75.7 cm³/mol. The Balaban J connectivity index is 1.94. The number of aliphatic hydroxyl groups is 1. The fourth-order valence-corrected chi connectivity index (χ4v) is 3.65. The average molecular weight is 257 g/mol. The molecule has 0 heterocycles. The SMILES string of the molecule is OCCN(CC1(CS)CCCCCC1)C1CC1. The van der Waals surface area contributed by atoms with Gasteiger partial charge in [-0.15, -0.1) is 0 Å². The van der Waals surface area contributed by atoms with E-state index in [1.54, 1.807) is 0 Å². The smallest absolute Gasteiger partial charge is 0.0558 e. The Kier molecular flexibility index (Phi) is 5.19. The molecule has 0 bridgehead atoms. The highest BCUT2D eigenvalue weighted by Crippen LogP contribution is 2.39. The molecule has 2 fully saturated rings. The second kappa shape index (κ2) is 6.44. The van der Waals surface area contributed by atoms with Crippen LogP contribution in [-0.2, 0) is 0 Å². The lowest BCUT2D eigenvalue weighted by atomic mass is 9.81. The van der Waals surface area contributed by atoms with E-state index in [0.717, 1.165) is 18.3 Å². The van der Waals surface area contributed by atoms with Gasteiger partial charge in [-0.25, -0.2) is 0 Å². The standard InChI is InChI=1S/C14H27NOS/c16-10-9-15(13-5-6-13)11-14(12-17)7-3-1-2-4-8-14/h13,16-17H,1-12H2. The quantitative estimate of drug-likeness (QED) is 0.564. The van der Waals surface area contributed by atoms with Crippen LogP contribution in [0.4, 0.5) is 0 Å². The van der Waals surface area contributed by atoms with Crippen LogP contribution >= 0.6 is 12.6 Å². The molecule has 0 spiro atoms. The van der Waals surface area contributed by atoms with Crippen LogP contribution in [-0.4, -0.2) is 41.5 Å². The van der Waals surface area contributed by atoms with Gasteiger partial charge < -0.3 is 5.11 Å². The molecule has 0 aromatic heterocycles. The van der Waals surface area contributed by atoms with Gasteiger partial charge in [0.25, 0.3) is 0 Å². The van der Waals surface area contributed by atoms with E-state index in [2.05, 4.69) is 17.5 Å². The summed E-state index contributed by atoms with van der Waals surface area (Å²) in [6.07, 6.45) is 10.9. The van der Waals surface area contributed by atoms with Crippen LogP contribution in [0.1, 0.15) is 51.4 Å². The zero-order chi connectivity index (χ0) is 12.1. The van der Waals surface area contributed by atoms with Crippen molar-refractivity contribution in [3.63, 3.8) is 0 Å². The maximum atomic E-state index is 9.19. The lowest BCUT2D eigenvalue weighted by molar-refractivity contribution is 0.119. The highest BCUT2D eigenvalue weighted by atomic mass is 32.1. The van der Waals surface area contributed by atoms with Crippen molar-refractivity contribution in [2.75, 3.05) is 25.4 Å². The van der Waals surface area contributed by atoms with Gasteiger partial charge in [0.15, 0.2) is 0 Å². The molecule has 0 saturated heterocycles. The topological polar surface area (TPSA) is 23.5 Å². The first-order chi connectivity index (χ1) is 8.29. The van der Waals surface area contributed by atoms with E-state index in [1.807, 2.05) is 0 Å². The van der Waals surface area contributed by atoms with Gasteiger partial charge in [-0.05, 0) is 36.9 Å². The van der Waals surface area contributed by atoms with Crippen molar-refractivity contribution in [2.45, 2.75) is 57.4 Å². The van der Waals surface area contributed by atoms with Crippen LogP contribution < -0.4 is 0 Å². The summed E-state index contributed by atoms with van der Waals surface area (Å²) in [5, 5.41) is 9.19. The zero-order valence-corrected chi connectivity index (χ0v) is 11.8. The normalized spacial score (nSPS) is 24.9. The van der Waals surface area contributed by atoms with E-state index in [-0.39, 0.29) is 0 Å². The van der Waals surface area contributed by atoms with Gasteiger partial charge in [0, 0.05) is 19.1 Å². The summed E-state index contributed by atoms with van der Waals surface area (Å²) in [5.74, 6) is 1.02. The first-order valence-corrected chi connectivity index (χ1v) is 7.89. The number of hydrogen-bond acceptors (Lipinski definition) is 3. The minimum atomic E-state index is 0.305. The van der Waals surface area contributed by atoms with E-state index in [0.29, 0.717) is 12.0 Å². The van der Waals surface area contributed by atoms with Crippen LogP contribution in [0.5, 0.6) is 0 Å². The van der Waals surface area contributed by atoms with Crippen molar-refractivity contribution < 1.29 is 5.11 Å². The third-order valence-electron chi connectivity index (χ3n) is 4.49. The summed E-state index contributed by atoms with van der Waals surface area (Å²) >= 11 is 4.64. The highest BCUT2D eigenvalue weighted by Gasteiger charge is 2.36. The van der Waals surface area contributed by atoms with E-state index in [4.69, 9.17) is 0 Å². The second-order valence-corrected chi connectivity index (χ2v) is 6.31. The van der Waals surface area contributed by atoms with Crippen molar-refractivity contribution in [2.24, 2.45) is 5.41 Å². The van der Waals surface area contributed by atoms with Gasteiger partial charge >= 0.3 is 0 Å². The molecular formula is C14H27NOS. The fraction of sp³-hybridized carbons (Fsp3) is 1.00. The van der Waals surface area contributed by atoms with Gasteiger partial charge in [-0.2, -0.15) is 12.6 Å². The van der Waals surface area contributed by atoms with E-state index in [9.17, 15) is 5.11 Å². The van der Waals surface area contributed by atoms with Gasteiger partial charge in [-0.1, -0.05) is 25.7 Å². The summed E-state index contributed by atoms with van der Waals surface area (Å²) in [6.45, 7) is 2.33. The van der Waals surface area contributed by atoms with Gasteiger partial charge in [0.2, 0.25) is 0 Å². The number of aliphatic hydroxyl groups excluding tert-OH is 1. The lowest BCUT2D eigenvalue weighted by Crippen LogP contribution is -2.41. The first-order valence-electron chi connectivity index (χ1n) is 7.25. The maximum absolute atomic E-state index is 9.19. The van der Waals surface area contributed by atoms with Gasteiger partial charge in [0.05, 0.1) is 6.61 Å². The van der Waals surface area contributed by atoms with Crippen molar-refractivity contribution in [1.29, 1.82) is 0 Å². The number of nitrogens with zero attached hydrogens (tertiary/aromatic N) is 1. The molecule has 0 amide bonds. The summed E-state index contributed by atoms with van der Waals surface area (Å²) < 4.78 is 0. The van der Waals surface area contributed by atoms with E-state index in [1.165, 1.54) is 57.9 Å². The van der Waals surface area contributed by atoms with Crippen molar-refractivity contribution >= 4 is 12.6 Å². The number of rotatable bonds is 6. The molecule has 2 aliphatic carbocycles. The molecule has 100 valence electrons. The number of hydrogen-bond donors (Lipinski definition) is 2. The summed E-state index contributed by atoms with van der Waals surface area (Å²) in [4.78, 5) is 2.53. The summed E-state index contributed by atoms with van der Waals surface area (Å²) in [6, 6.07) is 0.766. The molecule has 0 radical (unpaired) electrons. The summed E-state index contributed by atoms with van der Waals surface area (Å²) in [5.41, 5.74) is 0.428. The summed E-state index contributed by atoms with van der Waals surface area (Å²) in [7, 11) is 0. The van der Waals surface area contributed by atoms with Crippen molar-refractivity contribution in [3.8, 4) is 0 Å². The predicted octanol–water partition coefficient (Wildman–Crippen LogP) is 2.71. The molecule has 0 aromatic carbocycles. The van der Waals surface area contributed by atoms with Crippen molar-refractivity contribution in [3.05, 3.63) is 0 Å². The molecule has 2 nitrogen and oxygen atoms in total. The minimum Gasteiger partial charge on any atom is -0.395 e. The Morgan fingerprint density at radius 1 is 1.12 bits per heavy atom. The van der Waals surface area contributed by atoms with Crippen LogP contribution in [0.15, 0.2) is 0 Å². The highest BCUT2D eigenvalue weighted by molar-refractivity contribution is 7.80. The van der Waals surface area contributed by atoms with Crippen LogP contribution in [0.3, 0.4) is 0 Å². The number of thiol groups is 1. The molecule has 2 saturated carbocycles. The monoisotopic (exact) mass is 257 g/mol. The Bertz CT molecular complexity index is 222. The Hall–Kier alpha value is 0.270. The fourth-order valence-electron chi connectivity index (χ4n) is 3.23. The van der Waals surface area contributed by atoms with Gasteiger partial charge in [0.1, 0.15) is 0 Å². The van der Waals surface area contributed by atoms with Crippen LogP contribution in [0.2, 0.25) is 0 Å². The molecule has 2 rings (SSSR count). The molecule has 0 aliphatic heterocycles. The third-order valence-corrected chi connectivity index (χ3v) is 5.16. The third kappa shape index (κ3) is 3.87. The Morgan fingerprint density at radius 2 is 1.76 bits per heavy atom. The average Bonchev–Trinajstić information content (AvgIpc) is 3.16. The minimum absolute atomic E-state index is 0.305. The van der Waals surface area contributed by atoms with Crippen molar-refractivity contribution in [1.82, 2.24) is 4.90 Å². The maximum Gasteiger partial charge on any atom is 0.0558 e.